The minimum atomic E-state index is -0.191. The number of amides is 1. The van der Waals surface area contributed by atoms with E-state index >= 15 is 0 Å². The first kappa shape index (κ1) is 32.7. The van der Waals surface area contributed by atoms with Crippen molar-refractivity contribution in [2.45, 2.75) is 103 Å². The molecular formula is C32H50N8O3. The highest BCUT2D eigenvalue weighted by molar-refractivity contribution is 5.79. The summed E-state index contributed by atoms with van der Waals surface area (Å²) in [5, 5.41) is 15.3. The van der Waals surface area contributed by atoms with E-state index in [9.17, 15) is 9.59 Å². The molecule has 3 aromatic rings. The van der Waals surface area contributed by atoms with E-state index in [4.69, 9.17) is 19.8 Å². The number of imidazole rings is 1. The fraction of sp³-hybridized carbons (Fsp3) is 0.688. The Kier molecular flexibility index (Phi) is 11.4. The Hall–Kier alpha value is -3.18. The Labute approximate surface area is 255 Å². The van der Waals surface area contributed by atoms with Gasteiger partial charge in [0.1, 0.15) is 5.69 Å². The quantitative estimate of drug-likeness (QED) is 0.309. The molecule has 3 aromatic heterocycles. The van der Waals surface area contributed by atoms with Crippen LogP contribution in [0.2, 0.25) is 0 Å². The number of aldehydes is 1. The number of hydrogen-bond acceptors (Lipinski definition) is 8. The van der Waals surface area contributed by atoms with Crippen molar-refractivity contribution in [2.75, 3.05) is 20.2 Å². The molecule has 1 amide bonds. The molecule has 4 unspecified atom stereocenters. The lowest BCUT2D eigenvalue weighted by atomic mass is 9.83. The van der Waals surface area contributed by atoms with E-state index in [0.717, 1.165) is 67.9 Å². The van der Waals surface area contributed by atoms with Crippen molar-refractivity contribution in [3.05, 3.63) is 41.2 Å². The minimum Gasteiger partial charge on any atom is -0.376 e. The molecule has 0 aliphatic carbocycles. The SMILES string of the molecule is CCC(C)CCCC(NC)c1cn2nc(CC3CCCNC3=O)c(C3CCOC(C)(C)C3)nc2n1.Cn1nccc1C=O. The summed E-state index contributed by atoms with van der Waals surface area (Å²) in [6.07, 6.45) is 13.4. The molecule has 2 N–H and O–H groups in total. The molecular weight excluding hydrogens is 544 g/mol. The maximum absolute atomic E-state index is 12.5. The van der Waals surface area contributed by atoms with Crippen molar-refractivity contribution >= 4 is 18.0 Å². The average molecular weight is 595 g/mol. The first-order valence-electron chi connectivity index (χ1n) is 15.9. The fourth-order valence-electron chi connectivity index (χ4n) is 6.07. The molecule has 2 aliphatic heterocycles. The van der Waals surface area contributed by atoms with E-state index in [0.29, 0.717) is 24.5 Å². The minimum absolute atomic E-state index is 0.0456. The number of carbonyl (C=O) groups excluding carboxylic acids is 2. The smallest absolute Gasteiger partial charge is 0.251 e. The van der Waals surface area contributed by atoms with E-state index in [-0.39, 0.29) is 29.4 Å². The lowest BCUT2D eigenvalue weighted by molar-refractivity contribution is -0.126. The van der Waals surface area contributed by atoms with E-state index in [1.807, 2.05) is 17.8 Å². The molecule has 5 heterocycles. The monoisotopic (exact) mass is 594 g/mol. The summed E-state index contributed by atoms with van der Waals surface area (Å²) < 4.78 is 9.34. The molecule has 43 heavy (non-hydrogen) atoms. The van der Waals surface area contributed by atoms with Crippen LogP contribution in [0.25, 0.3) is 5.78 Å². The van der Waals surface area contributed by atoms with Gasteiger partial charge in [-0.05, 0) is 65.0 Å². The van der Waals surface area contributed by atoms with Gasteiger partial charge in [0.25, 0.3) is 5.78 Å². The zero-order valence-electron chi connectivity index (χ0n) is 26.8. The molecule has 2 aliphatic rings. The van der Waals surface area contributed by atoms with Crippen LogP contribution < -0.4 is 10.6 Å². The van der Waals surface area contributed by atoms with Gasteiger partial charge in [0.15, 0.2) is 6.29 Å². The normalized spacial score (nSPS) is 21.5. The number of rotatable bonds is 11. The Balaban J connectivity index is 0.000000458. The highest BCUT2D eigenvalue weighted by Gasteiger charge is 2.34. The van der Waals surface area contributed by atoms with E-state index in [2.05, 4.69) is 43.4 Å². The van der Waals surface area contributed by atoms with Crippen LogP contribution in [0.1, 0.15) is 119 Å². The Bertz CT molecular complexity index is 1350. The van der Waals surface area contributed by atoms with Gasteiger partial charge in [-0.1, -0.05) is 33.1 Å². The number of aromatic nitrogens is 6. The van der Waals surface area contributed by atoms with Crippen molar-refractivity contribution in [3.63, 3.8) is 0 Å². The number of piperidine rings is 1. The standard InChI is InChI=1S/C27H44N6O2.C5H6N2O/c1-6-18(2)9-7-11-21(28-5)23-17-33-26(30-23)31-24(20-12-14-35-27(3,4)16-20)22(32-33)15-19-10-8-13-29-25(19)34;1-7-5(4-8)2-3-6-7/h17-21,28H,6-16H2,1-5H3,(H,29,34);2-4H,1H3. The predicted octanol–water partition coefficient (Wildman–Crippen LogP) is 4.58. The van der Waals surface area contributed by atoms with Gasteiger partial charge in [-0.2, -0.15) is 10.2 Å². The van der Waals surface area contributed by atoms with Gasteiger partial charge in [-0.25, -0.2) is 14.5 Å². The topological polar surface area (TPSA) is 128 Å². The molecule has 11 heteroatoms. The zero-order valence-corrected chi connectivity index (χ0v) is 26.8. The fourth-order valence-corrected chi connectivity index (χ4v) is 6.07. The summed E-state index contributed by atoms with van der Waals surface area (Å²) in [5.74, 6) is 1.75. The van der Waals surface area contributed by atoms with Crippen molar-refractivity contribution in [3.8, 4) is 0 Å². The second kappa shape index (κ2) is 15.0. The molecule has 11 nitrogen and oxygen atoms in total. The van der Waals surface area contributed by atoms with Gasteiger partial charge in [-0.15, -0.1) is 0 Å². The van der Waals surface area contributed by atoms with E-state index in [1.165, 1.54) is 23.9 Å². The number of nitrogens with one attached hydrogen (secondary N) is 2. The number of fused-ring (bicyclic) bond motifs is 1. The number of nitrogens with zero attached hydrogens (tertiary/aromatic N) is 6. The van der Waals surface area contributed by atoms with E-state index < -0.39 is 0 Å². The Morgan fingerprint density at radius 1 is 1.26 bits per heavy atom. The summed E-state index contributed by atoms with van der Waals surface area (Å²) in [6.45, 7) is 10.3. The van der Waals surface area contributed by atoms with Gasteiger partial charge < -0.3 is 15.4 Å². The average Bonchev–Trinajstić information content (AvgIpc) is 3.60. The summed E-state index contributed by atoms with van der Waals surface area (Å²) in [7, 11) is 3.73. The first-order valence-corrected chi connectivity index (χ1v) is 15.9. The molecule has 2 saturated heterocycles. The summed E-state index contributed by atoms with van der Waals surface area (Å²) in [6, 6.07) is 1.84. The zero-order chi connectivity index (χ0) is 31.0. The van der Waals surface area contributed by atoms with Gasteiger partial charge in [0.05, 0.1) is 34.9 Å². The third kappa shape index (κ3) is 8.69. The lowest BCUT2D eigenvalue weighted by Crippen LogP contribution is -2.38. The second-order valence-electron chi connectivity index (χ2n) is 12.8. The summed E-state index contributed by atoms with van der Waals surface area (Å²) in [4.78, 5) is 32.6. The van der Waals surface area contributed by atoms with Crippen LogP contribution in [-0.4, -0.2) is 67.4 Å². The third-order valence-corrected chi connectivity index (χ3v) is 8.93. The Morgan fingerprint density at radius 2 is 2.07 bits per heavy atom. The maximum atomic E-state index is 12.5. The lowest BCUT2D eigenvalue weighted by Gasteiger charge is -2.35. The maximum Gasteiger partial charge on any atom is 0.251 e. The molecule has 0 saturated carbocycles. The number of aryl methyl sites for hydroxylation is 1. The molecule has 2 fully saturated rings. The Morgan fingerprint density at radius 3 is 2.70 bits per heavy atom. The van der Waals surface area contributed by atoms with Crippen LogP contribution in [0, 0.1) is 11.8 Å². The van der Waals surface area contributed by atoms with Crippen LogP contribution in [0.4, 0.5) is 0 Å². The first-order chi connectivity index (χ1) is 20.6. The molecule has 4 atom stereocenters. The van der Waals surface area contributed by atoms with E-state index in [1.54, 1.807) is 19.3 Å². The highest BCUT2D eigenvalue weighted by Crippen LogP contribution is 2.37. The van der Waals surface area contributed by atoms with Crippen LogP contribution >= 0.6 is 0 Å². The van der Waals surface area contributed by atoms with Crippen LogP contribution in [0.15, 0.2) is 18.5 Å². The third-order valence-electron chi connectivity index (χ3n) is 8.93. The van der Waals surface area contributed by atoms with Crippen molar-refractivity contribution in [2.24, 2.45) is 18.9 Å². The van der Waals surface area contributed by atoms with Crippen molar-refractivity contribution < 1.29 is 14.3 Å². The van der Waals surface area contributed by atoms with Crippen LogP contribution in [0.5, 0.6) is 0 Å². The molecule has 0 aromatic carbocycles. The molecule has 0 spiro atoms. The predicted molar refractivity (Wildman–Crippen MR) is 166 cm³/mol. The van der Waals surface area contributed by atoms with Gasteiger partial charge in [0, 0.05) is 44.7 Å². The van der Waals surface area contributed by atoms with Crippen molar-refractivity contribution in [1.82, 2.24) is 40.0 Å². The number of ether oxygens (including phenoxy) is 1. The largest absolute Gasteiger partial charge is 0.376 e. The second-order valence-corrected chi connectivity index (χ2v) is 12.8. The summed E-state index contributed by atoms with van der Waals surface area (Å²) >= 11 is 0. The molecule has 5 rings (SSSR count). The van der Waals surface area contributed by atoms with Crippen LogP contribution in [0.3, 0.4) is 0 Å². The molecule has 0 bridgehead atoms. The van der Waals surface area contributed by atoms with Crippen molar-refractivity contribution in [1.29, 1.82) is 0 Å². The van der Waals surface area contributed by atoms with Gasteiger partial charge >= 0.3 is 0 Å². The molecule has 236 valence electrons. The van der Waals surface area contributed by atoms with Crippen LogP contribution in [-0.2, 0) is 23.0 Å². The summed E-state index contributed by atoms with van der Waals surface area (Å²) in [5.41, 5.74) is 3.34. The highest BCUT2D eigenvalue weighted by atomic mass is 16.5. The van der Waals surface area contributed by atoms with Gasteiger partial charge in [0.2, 0.25) is 5.91 Å². The number of carbonyl (C=O) groups is 2. The van der Waals surface area contributed by atoms with Gasteiger partial charge in [-0.3, -0.25) is 14.3 Å². The number of hydrogen-bond donors (Lipinski definition) is 2. The molecule has 0 radical (unpaired) electrons.